The summed E-state index contributed by atoms with van der Waals surface area (Å²) in [7, 11) is 0. The molecule has 1 aromatic rings. The number of carbonyl (C=O) groups is 2. The molecule has 0 aromatic heterocycles. The lowest BCUT2D eigenvalue weighted by Crippen LogP contribution is -2.42. The number of carboxylic acid groups (broad SMARTS) is 1. The van der Waals surface area contributed by atoms with Crippen molar-refractivity contribution in [3.8, 4) is 0 Å². The molecule has 1 aliphatic rings. The van der Waals surface area contributed by atoms with Crippen LogP contribution in [0.4, 0.5) is 4.79 Å². The van der Waals surface area contributed by atoms with Crippen molar-refractivity contribution in [2.45, 2.75) is 62.0 Å². The van der Waals surface area contributed by atoms with Crippen molar-refractivity contribution in [1.29, 1.82) is 0 Å². The molecule has 0 spiro atoms. The van der Waals surface area contributed by atoms with Crippen molar-refractivity contribution in [2.75, 3.05) is 0 Å². The summed E-state index contributed by atoms with van der Waals surface area (Å²) >= 11 is -0.732. The van der Waals surface area contributed by atoms with Gasteiger partial charge in [-0.2, -0.15) is 0 Å². The smallest absolute Gasteiger partial charge is 0.407 e. The number of rotatable bonds is 8. The second-order valence-electron chi connectivity index (χ2n) is 8.10. The molecule has 0 radical (unpaired) electrons. The number of hydrogen-bond donors (Lipinski definition) is 2. The van der Waals surface area contributed by atoms with Crippen LogP contribution in [0.15, 0.2) is 42.5 Å². The maximum Gasteiger partial charge on any atom is 0.407 e. The summed E-state index contributed by atoms with van der Waals surface area (Å²) in [6.07, 6.45) is 8.85. The first-order valence-electron chi connectivity index (χ1n) is 9.72. The lowest BCUT2D eigenvalue weighted by molar-refractivity contribution is -0.136. The number of carboxylic acids is 1. The Kier molecular flexibility index (Phi) is 8.61. The summed E-state index contributed by atoms with van der Waals surface area (Å²) in [5.41, 5.74) is 2.95. The van der Waals surface area contributed by atoms with Crippen molar-refractivity contribution in [3.63, 3.8) is 0 Å². The van der Waals surface area contributed by atoms with Crippen LogP contribution in [-0.4, -0.2) is 37.3 Å². The normalized spacial score (nSPS) is 15.9. The highest BCUT2D eigenvalue weighted by Gasteiger charge is 2.24. The highest BCUT2D eigenvalue weighted by atomic mass is 127. The molecule has 1 unspecified atom stereocenters. The minimum absolute atomic E-state index is 0.324. The van der Waals surface area contributed by atoms with Crippen LogP contribution in [0.3, 0.4) is 0 Å². The number of amides is 1. The zero-order valence-corrected chi connectivity index (χ0v) is 19.4. The van der Waals surface area contributed by atoms with Gasteiger partial charge in [0, 0.05) is 6.04 Å². The third kappa shape index (κ3) is 8.12. The van der Waals surface area contributed by atoms with E-state index in [2.05, 4.69) is 40.2 Å². The van der Waals surface area contributed by atoms with Crippen molar-refractivity contribution in [1.82, 2.24) is 5.32 Å². The first-order valence-corrected chi connectivity index (χ1v) is 12.5. The molecule has 2 rings (SSSR count). The molecule has 5 nitrogen and oxygen atoms in total. The Morgan fingerprint density at radius 1 is 1.28 bits per heavy atom. The molecule has 158 valence electrons. The van der Waals surface area contributed by atoms with Crippen LogP contribution >= 0.6 is 20.7 Å². The summed E-state index contributed by atoms with van der Waals surface area (Å²) in [5, 5.41) is 12.3. The van der Waals surface area contributed by atoms with E-state index in [-0.39, 0.29) is 6.04 Å². The number of allylic oxidation sites excluding steroid dienone is 4. The van der Waals surface area contributed by atoms with Gasteiger partial charge in [-0.1, -0.05) is 47.0 Å². The van der Waals surface area contributed by atoms with Gasteiger partial charge in [-0.25, -0.2) is 4.79 Å². The molecule has 29 heavy (non-hydrogen) atoms. The summed E-state index contributed by atoms with van der Waals surface area (Å²) < 4.78 is 8.70. The van der Waals surface area contributed by atoms with E-state index < -0.39 is 42.3 Å². The third-order valence-electron chi connectivity index (χ3n) is 4.49. The molecule has 2 atom stereocenters. The number of halogens is 1. The van der Waals surface area contributed by atoms with Gasteiger partial charge < -0.3 is 15.2 Å². The number of nitrogens with one attached hydrogen (secondary N) is 1. The largest absolute Gasteiger partial charge is 0.480 e. The Hall–Kier alpha value is -1.96. The van der Waals surface area contributed by atoms with E-state index in [1.165, 1.54) is 11.1 Å². The molecule has 1 amide bonds. The van der Waals surface area contributed by atoms with E-state index in [4.69, 9.17) is 4.74 Å². The molecule has 6 heteroatoms. The molecule has 1 aliphatic carbocycles. The number of ether oxygens (including phenoxy) is 1. The lowest BCUT2D eigenvalue weighted by atomic mass is 9.95. The highest BCUT2D eigenvalue weighted by molar-refractivity contribution is 14.2. The number of hydrogen-bond acceptors (Lipinski definition) is 3. The Morgan fingerprint density at radius 3 is 2.48 bits per heavy atom. The third-order valence-corrected chi connectivity index (χ3v) is 6.59. The predicted octanol–water partition coefficient (Wildman–Crippen LogP) is 5.10. The number of aliphatic carboxylic acids is 1. The van der Waals surface area contributed by atoms with Crippen LogP contribution in [0.5, 0.6) is 0 Å². The second kappa shape index (κ2) is 10.7. The van der Waals surface area contributed by atoms with Gasteiger partial charge in [0.15, 0.2) is 0 Å². The SMILES string of the molecule is C=IC(C[C@@H](Cc1ccc(C2=CC=CCC2)cc1)NC(=O)OC(C)(C)C)C(=O)O. The minimum Gasteiger partial charge on any atom is -0.480 e. The minimum atomic E-state index is -0.851. The maximum absolute atomic E-state index is 12.3. The fourth-order valence-electron chi connectivity index (χ4n) is 3.13. The molecular weight excluding hydrogens is 481 g/mol. The van der Waals surface area contributed by atoms with Crippen LogP contribution in [-0.2, 0) is 16.0 Å². The summed E-state index contributed by atoms with van der Waals surface area (Å²) in [6, 6.07) is 7.96. The van der Waals surface area contributed by atoms with E-state index >= 15 is 0 Å². The van der Waals surface area contributed by atoms with Gasteiger partial charge in [-0.15, -0.1) is 20.7 Å². The van der Waals surface area contributed by atoms with Crippen LogP contribution in [0, 0.1) is 0 Å². The van der Waals surface area contributed by atoms with Crippen molar-refractivity contribution < 1.29 is 19.4 Å². The summed E-state index contributed by atoms with van der Waals surface area (Å²) in [6.45, 7) is 5.41. The molecule has 0 heterocycles. The lowest BCUT2D eigenvalue weighted by Gasteiger charge is -2.25. The first-order chi connectivity index (χ1) is 13.7. The Labute approximate surface area is 183 Å². The quantitative estimate of drug-likeness (QED) is 0.376. The fourth-order valence-corrected chi connectivity index (χ4v) is 4.48. The Morgan fingerprint density at radius 2 is 1.97 bits per heavy atom. The first kappa shape index (κ1) is 23.3. The van der Waals surface area contributed by atoms with Gasteiger partial charge >= 0.3 is 12.1 Å². The van der Waals surface area contributed by atoms with E-state index in [0.29, 0.717) is 12.8 Å². The molecule has 0 bridgehead atoms. The Bertz CT molecular complexity index is 790. The van der Waals surface area contributed by atoms with Gasteiger partial charge in [0.1, 0.15) is 9.53 Å². The van der Waals surface area contributed by atoms with Crippen molar-refractivity contribution in [2.24, 2.45) is 0 Å². The Balaban J connectivity index is 2.11. The van der Waals surface area contributed by atoms with Crippen molar-refractivity contribution in [3.05, 3.63) is 53.6 Å². The summed E-state index contributed by atoms with van der Waals surface area (Å²) in [4.78, 5) is 23.7. The maximum atomic E-state index is 12.3. The van der Waals surface area contributed by atoms with Crippen LogP contribution in [0.2, 0.25) is 0 Å². The number of alkyl carbamates (subject to hydrolysis) is 1. The average molecular weight is 511 g/mol. The van der Waals surface area contributed by atoms with E-state index in [0.717, 1.165) is 18.4 Å². The average Bonchev–Trinajstić information content (AvgIpc) is 2.65. The number of benzene rings is 1. The molecule has 1 aromatic carbocycles. The summed E-state index contributed by atoms with van der Waals surface area (Å²) in [5.74, 6) is -0.851. The van der Waals surface area contributed by atoms with E-state index in [9.17, 15) is 14.7 Å². The zero-order chi connectivity index (χ0) is 21.4. The van der Waals surface area contributed by atoms with Gasteiger partial charge in [-0.05, 0) is 63.2 Å². The monoisotopic (exact) mass is 511 g/mol. The number of carbonyl (C=O) groups excluding carboxylic acids is 1. The number of alkyl halides is 1. The predicted molar refractivity (Wildman–Crippen MR) is 127 cm³/mol. The van der Waals surface area contributed by atoms with Crippen LogP contribution in [0.1, 0.15) is 51.2 Å². The van der Waals surface area contributed by atoms with Gasteiger partial charge in [0.2, 0.25) is 0 Å². The molecular formula is C23H30INO4. The fraction of sp³-hybridized carbons (Fsp3) is 0.435. The van der Waals surface area contributed by atoms with Gasteiger partial charge in [-0.3, -0.25) is 4.79 Å². The van der Waals surface area contributed by atoms with E-state index in [1.54, 1.807) is 20.8 Å². The molecule has 0 saturated carbocycles. The standard InChI is InChI=1S/C23H30INO4/c1-23(2,3)29-22(28)25-19(15-20(24-4)21(26)27)14-16-10-12-18(13-11-16)17-8-6-5-7-9-17/h5-6,8,10-13,19-20H,4,7,9,14-15H2,1-3H3,(H,25,28)(H,26,27)/t19-,20?/m1/s1. The van der Waals surface area contributed by atoms with Crippen molar-refractivity contribution >= 4 is 42.9 Å². The molecule has 0 fully saturated rings. The second-order valence-corrected chi connectivity index (χ2v) is 10.5. The topological polar surface area (TPSA) is 75.6 Å². The highest BCUT2D eigenvalue weighted by Crippen LogP contribution is 2.24. The molecule has 2 N–H and O–H groups in total. The zero-order valence-electron chi connectivity index (χ0n) is 17.3. The van der Waals surface area contributed by atoms with Crippen LogP contribution in [0.25, 0.3) is 5.57 Å². The van der Waals surface area contributed by atoms with E-state index in [1.807, 2.05) is 12.1 Å². The van der Waals surface area contributed by atoms with Crippen LogP contribution < -0.4 is 5.32 Å². The molecule has 0 saturated heterocycles. The van der Waals surface area contributed by atoms with Gasteiger partial charge in [0.25, 0.3) is 0 Å². The van der Waals surface area contributed by atoms with Gasteiger partial charge in [0.05, 0.1) is 0 Å². The molecule has 0 aliphatic heterocycles.